The molecule has 0 saturated carbocycles. The number of aliphatic carboxylic acids is 1. The van der Waals surface area contributed by atoms with Crippen LogP contribution >= 0.6 is 15.9 Å². The highest BCUT2D eigenvalue weighted by Gasteiger charge is 2.32. The zero-order valence-corrected chi connectivity index (χ0v) is 11.8. The number of benzene rings is 1. The second-order valence-corrected chi connectivity index (χ2v) is 5.33. The van der Waals surface area contributed by atoms with Crippen LogP contribution in [0.3, 0.4) is 0 Å². The molecule has 0 spiro atoms. The lowest BCUT2D eigenvalue weighted by Gasteiger charge is -2.19. The highest BCUT2D eigenvalue weighted by molar-refractivity contribution is 9.10. The van der Waals surface area contributed by atoms with Crippen LogP contribution in [0.25, 0.3) is 6.08 Å². The summed E-state index contributed by atoms with van der Waals surface area (Å²) in [7, 11) is 0. The molecule has 4 nitrogen and oxygen atoms in total. The van der Waals surface area contributed by atoms with Crippen molar-refractivity contribution in [3.05, 3.63) is 40.4 Å². The molecule has 1 N–H and O–H groups in total. The summed E-state index contributed by atoms with van der Waals surface area (Å²) in [5, 5.41) is 9.03. The van der Waals surface area contributed by atoms with Gasteiger partial charge >= 0.3 is 5.97 Å². The van der Waals surface area contributed by atoms with Gasteiger partial charge in [0.1, 0.15) is 6.04 Å². The van der Waals surface area contributed by atoms with E-state index in [0.717, 1.165) is 16.5 Å². The van der Waals surface area contributed by atoms with Crippen LogP contribution in [0.15, 0.2) is 34.8 Å². The van der Waals surface area contributed by atoms with Gasteiger partial charge in [-0.3, -0.25) is 4.79 Å². The zero-order valence-electron chi connectivity index (χ0n) is 10.3. The van der Waals surface area contributed by atoms with Crippen molar-refractivity contribution in [1.29, 1.82) is 0 Å². The first-order chi connectivity index (χ1) is 9.08. The molecule has 2 rings (SSSR count). The first-order valence-electron chi connectivity index (χ1n) is 6.05. The maximum atomic E-state index is 12.0. The van der Waals surface area contributed by atoms with Crippen molar-refractivity contribution in [2.24, 2.45) is 0 Å². The van der Waals surface area contributed by atoms with E-state index in [4.69, 9.17) is 5.11 Å². The Kier molecular flexibility index (Phi) is 4.37. The molecule has 0 aliphatic carbocycles. The molecule has 5 heteroatoms. The molecule has 0 radical (unpaired) electrons. The summed E-state index contributed by atoms with van der Waals surface area (Å²) in [6.45, 7) is 0.513. The average molecular weight is 324 g/mol. The number of nitrogens with zero attached hydrogens (tertiary/aromatic N) is 1. The Morgan fingerprint density at radius 3 is 2.89 bits per heavy atom. The van der Waals surface area contributed by atoms with Gasteiger partial charge in [0.15, 0.2) is 0 Å². The Morgan fingerprint density at radius 2 is 2.21 bits per heavy atom. The van der Waals surface area contributed by atoms with Crippen LogP contribution in [0.1, 0.15) is 18.4 Å². The van der Waals surface area contributed by atoms with Gasteiger partial charge in [-0.15, -0.1) is 0 Å². The van der Waals surface area contributed by atoms with Gasteiger partial charge in [0.25, 0.3) is 0 Å². The van der Waals surface area contributed by atoms with Crippen molar-refractivity contribution in [3.63, 3.8) is 0 Å². The van der Waals surface area contributed by atoms with Crippen molar-refractivity contribution in [1.82, 2.24) is 4.90 Å². The third-order valence-electron chi connectivity index (χ3n) is 3.09. The van der Waals surface area contributed by atoms with Crippen LogP contribution in [-0.2, 0) is 9.59 Å². The highest BCUT2D eigenvalue weighted by Crippen LogP contribution is 2.18. The SMILES string of the molecule is O=C(O)C1CCCN1C(=O)/C=C/c1cccc(Br)c1. The number of carbonyl (C=O) groups excluding carboxylic acids is 1. The molecule has 1 aromatic rings. The minimum absolute atomic E-state index is 0.245. The van der Waals surface area contributed by atoms with Crippen molar-refractivity contribution >= 4 is 33.9 Å². The lowest BCUT2D eigenvalue weighted by atomic mass is 10.2. The third-order valence-corrected chi connectivity index (χ3v) is 3.58. The zero-order chi connectivity index (χ0) is 13.8. The average Bonchev–Trinajstić information content (AvgIpc) is 2.85. The van der Waals surface area contributed by atoms with E-state index >= 15 is 0 Å². The number of carboxylic acid groups (broad SMARTS) is 1. The summed E-state index contributed by atoms with van der Waals surface area (Å²) in [5.74, 6) is -1.17. The number of hydrogen-bond donors (Lipinski definition) is 1. The van der Waals surface area contributed by atoms with E-state index < -0.39 is 12.0 Å². The van der Waals surface area contributed by atoms with Crippen LogP contribution in [-0.4, -0.2) is 34.5 Å². The largest absolute Gasteiger partial charge is 0.480 e. The quantitative estimate of drug-likeness (QED) is 0.870. The van der Waals surface area contributed by atoms with Gasteiger partial charge in [0.05, 0.1) is 0 Å². The van der Waals surface area contributed by atoms with Crippen molar-refractivity contribution in [2.75, 3.05) is 6.54 Å². The summed E-state index contributed by atoms with van der Waals surface area (Å²) in [6.07, 6.45) is 4.41. The normalized spacial score (nSPS) is 19.0. The van der Waals surface area contributed by atoms with Crippen LogP contribution in [0.5, 0.6) is 0 Å². The van der Waals surface area contributed by atoms with Crippen LogP contribution in [0.2, 0.25) is 0 Å². The van der Waals surface area contributed by atoms with E-state index in [0.29, 0.717) is 13.0 Å². The molecule has 100 valence electrons. The number of carboxylic acids is 1. The van der Waals surface area contributed by atoms with Gasteiger partial charge in [0.2, 0.25) is 5.91 Å². The summed E-state index contributed by atoms with van der Waals surface area (Å²) >= 11 is 3.36. The molecule has 0 aromatic heterocycles. The Bertz CT molecular complexity index is 527. The van der Waals surface area contributed by atoms with Crippen molar-refractivity contribution in [3.8, 4) is 0 Å². The Hall–Kier alpha value is -1.62. The minimum atomic E-state index is -0.929. The maximum Gasteiger partial charge on any atom is 0.326 e. The Labute approximate surface area is 119 Å². The predicted octanol–water partition coefficient (Wildman–Crippen LogP) is 2.54. The van der Waals surface area contributed by atoms with Crippen molar-refractivity contribution < 1.29 is 14.7 Å². The van der Waals surface area contributed by atoms with Gasteiger partial charge in [-0.1, -0.05) is 28.1 Å². The molecule has 1 aliphatic rings. The van der Waals surface area contributed by atoms with Gasteiger partial charge in [-0.2, -0.15) is 0 Å². The topological polar surface area (TPSA) is 57.6 Å². The van der Waals surface area contributed by atoms with Crippen LogP contribution in [0, 0.1) is 0 Å². The highest BCUT2D eigenvalue weighted by atomic mass is 79.9. The maximum absolute atomic E-state index is 12.0. The summed E-state index contributed by atoms with van der Waals surface area (Å²) in [4.78, 5) is 24.4. The second-order valence-electron chi connectivity index (χ2n) is 4.42. The van der Waals surface area contributed by atoms with Gasteiger partial charge < -0.3 is 10.0 Å². The number of carbonyl (C=O) groups is 2. The van der Waals surface area contributed by atoms with Crippen LogP contribution in [0.4, 0.5) is 0 Å². The molecule has 1 aliphatic heterocycles. The van der Waals surface area contributed by atoms with Gasteiger partial charge in [0, 0.05) is 17.1 Å². The summed E-state index contributed by atoms with van der Waals surface area (Å²) in [5.41, 5.74) is 0.897. The standard InChI is InChI=1S/C14H14BrNO3/c15-11-4-1-3-10(9-11)6-7-13(17)16-8-2-5-12(16)14(18)19/h1,3-4,6-7,9,12H,2,5,8H2,(H,18,19)/b7-6+. The number of rotatable bonds is 3. The molecule has 1 atom stereocenters. The van der Waals surface area contributed by atoms with E-state index in [1.54, 1.807) is 6.08 Å². The van der Waals surface area contributed by atoms with Gasteiger partial charge in [-0.05, 0) is 36.6 Å². The number of hydrogen-bond acceptors (Lipinski definition) is 2. The predicted molar refractivity (Wildman–Crippen MR) is 75.5 cm³/mol. The van der Waals surface area contributed by atoms with E-state index in [2.05, 4.69) is 15.9 Å². The molecule has 1 unspecified atom stereocenters. The fourth-order valence-electron chi connectivity index (χ4n) is 2.16. The first kappa shape index (κ1) is 13.8. The van der Waals surface area contributed by atoms with E-state index in [-0.39, 0.29) is 5.91 Å². The molecule has 19 heavy (non-hydrogen) atoms. The lowest BCUT2D eigenvalue weighted by Crippen LogP contribution is -2.39. The molecular weight excluding hydrogens is 310 g/mol. The molecule has 1 saturated heterocycles. The summed E-state index contributed by atoms with van der Waals surface area (Å²) < 4.78 is 0.937. The molecule has 1 fully saturated rings. The molecular formula is C14H14BrNO3. The third kappa shape index (κ3) is 3.44. The molecule has 1 amide bonds. The molecule has 1 aromatic carbocycles. The first-order valence-corrected chi connectivity index (χ1v) is 6.84. The second kappa shape index (κ2) is 6.02. The molecule has 0 bridgehead atoms. The molecule has 1 heterocycles. The Balaban J connectivity index is 2.06. The fourth-order valence-corrected chi connectivity index (χ4v) is 2.58. The number of amides is 1. The number of halogens is 1. The van der Waals surface area contributed by atoms with Gasteiger partial charge in [-0.25, -0.2) is 4.79 Å². The monoisotopic (exact) mass is 323 g/mol. The minimum Gasteiger partial charge on any atom is -0.480 e. The van der Waals surface area contributed by atoms with E-state index in [1.807, 2.05) is 24.3 Å². The fraction of sp³-hybridized carbons (Fsp3) is 0.286. The number of likely N-dealkylation sites (tertiary alicyclic amines) is 1. The lowest BCUT2D eigenvalue weighted by molar-refractivity contribution is -0.146. The smallest absolute Gasteiger partial charge is 0.326 e. The van der Waals surface area contributed by atoms with E-state index in [1.165, 1.54) is 11.0 Å². The Morgan fingerprint density at radius 1 is 1.42 bits per heavy atom. The van der Waals surface area contributed by atoms with Crippen LogP contribution < -0.4 is 0 Å². The van der Waals surface area contributed by atoms with E-state index in [9.17, 15) is 9.59 Å². The van der Waals surface area contributed by atoms with Crippen molar-refractivity contribution in [2.45, 2.75) is 18.9 Å². The summed E-state index contributed by atoms with van der Waals surface area (Å²) in [6, 6.07) is 6.87.